The van der Waals surface area contributed by atoms with Crippen LogP contribution in [0.3, 0.4) is 0 Å². The largest absolute Gasteiger partial charge is 0.378 e. The Morgan fingerprint density at radius 3 is 3.04 bits per heavy atom. The number of thioether (sulfide) groups is 1. The fourth-order valence-electron chi connectivity index (χ4n) is 3.37. The normalized spacial score (nSPS) is 29.9. The van der Waals surface area contributed by atoms with Gasteiger partial charge in [-0.1, -0.05) is 0 Å². The molecule has 0 spiro atoms. The van der Waals surface area contributed by atoms with Gasteiger partial charge in [0, 0.05) is 35.6 Å². The second kappa shape index (κ2) is 5.77. The van der Waals surface area contributed by atoms with Crippen molar-refractivity contribution in [3.8, 4) is 0 Å². The summed E-state index contributed by atoms with van der Waals surface area (Å²) in [6.45, 7) is 0.718. The fraction of sp³-hybridized carbons (Fsp3) is 0.533. The molecule has 23 heavy (non-hydrogen) atoms. The quantitative estimate of drug-likeness (QED) is 0.861. The predicted octanol–water partition coefficient (Wildman–Crippen LogP) is 1.58. The number of nitrogens with one attached hydrogen (secondary N) is 2. The number of anilines is 1. The van der Waals surface area contributed by atoms with Crippen LogP contribution in [0.1, 0.15) is 19.3 Å². The number of carbonyl (C=O) groups excluding carboxylic acids is 1. The van der Waals surface area contributed by atoms with Crippen molar-refractivity contribution < 1.29 is 17.9 Å². The van der Waals surface area contributed by atoms with Gasteiger partial charge >= 0.3 is 0 Å². The van der Waals surface area contributed by atoms with Gasteiger partial charge in [-0.15, -0.1) is 11.8 Å². The molecule has 8 heteroatoms. The van der Waals surface area contributed by atoms with Crippen LogP contribution in [-0.2, 0) is 19.6 Å². The average molecular weight is 354 g/mol. The third-order valence-corrected chi connectivity index (χ3v) is 7.26. The lowest BCUT2D eigenvalue weighted by molar-refractivity contribution is -0.115. The van der Waals surface area contributed by atoms with E-state index in [2.05, 4.69) is 10.0 Å². The van der Waals surface area contributed by atoms with E-state index in [4.69, 9.17) is 4.74 Å². The first-order chi connectivity index (χ1) is 11.0. The smallest absolute Gasteiger partial charge is 0.240 e. The Kier molecular flexibility index (Phi) is 3.87. The van der Waals surface area contributed by atoms with Crippen LogP contribution < -0.4 is 10.0 Å². The van der Waals surface area contributed by atoms with Gasteiger partial charge in [-0.3, -0.25) is 4.79 Å². The zero-order valence-electron chi connectivity index (χ0n) is 12.4. The molecule has 0 radical (unpaired) electrons. The number of rotatable bonds is 3. The summed E-state index contributed by atoms with van der Waals surface area (Å²) >= 11 is 1.56. The number of sulfonamides is 1. The molecule has 1 aliphatic carbocycles. The molecule has 0 bridgehead atoms. The molecule has 1 aromatic rings. The highest BCUT2D eigenvalue weighted by Gasteiger charge is 2.46. The SMILES string of the molecule is O=C1CCSc2ccc(S(=O)(=O)N[C@@H]3C[C@H]4OCC[C@@H]34)cc2N1. The van der Waals surface area contributed by atoms with Crippen molar-refractivity contribution >= 4 is 33.4 Å². The summed E-state index contributed by atoms with van der Waals surface area (Å²) in [5, 5.41) is 2.78. The summed E-state index contributed by atoms with van der Waals surface area (Å²) in [6, 6.07) is 4.88. The van der Waals surface area contributed by atoms with Crippen LogP contribution in [0.4, 0.5) is 5.69 Å². The number of ether oxygens (including phenoxy) is 1. The van der Waals surface area contributed by atoms with Crippen molar-refractivity contribution in [3.05, 3.63) is 18.2 Å². The average Bonchev–Trinajstić information content (AvgIpc) is 2.76. The molecular formula is C15H18N2O4S2. The molecule has 1 saturated heterocycles. The summed E-state index contributed by atoms with van der Waals surface area (Å²) in [5.74, 6) is 0.915. The molecule has 0 unspecified atom stereocenters. The van der Waals surface area contributed by atoms with E-state index < -0.39 is 10.0 Å². The monoisotopic (exact) mass is 354 g/mol. The highest BCUT2D eigenvalue weighted by Crippen LogP contribution is 2.39. The van der Waals surface area contributed by atoms with Crippen molar-refractivity contribution in [1.29, 1.82) is 0 Å². The van der Waals surface area contributed by atoms with Crippen molar-refractivity contribution in [3.63, 3.8) is 0 Å². The molecule has 2 aliphatic heterocycles. The molecule has 3 aliphatic rings. The molecule has 2 fully saturated rings. The zero-order valence-corrected chi connectivity index (χ0v) is 14.1. The molecule has 1 saturated carbocycles. The molecule has 1 amide bonds. The first-order valence-electron chi connectivity index (χ1n) is 7.73. The first-order valence-corrected chi connectivity index (χ1v) is 10.2. The van der Waals surface area contributed by atoms with Crippen LogP contribution >= 0.6 is 11.8 Å². The Hall–Kier alpha value is -1.09. The molecule has 4 rings (SSSR count). The minimum absolute atomic E-state index is 0.0460. The van der Waals surface area contributed by atoms with Crippen LogP contribution in [-0.4, -0.2) is 38.8 Å². The lowest BCUT2D eigenvalue weighted by atomic mass is 9.77. The van der Waals surface area contributed by atoms with E-state index in [1.807, 2.05) is 0 Å². The van der Waals surface area contributed by atoms with Gasteiger partial charge in [-0.25, -0.2) is 13.1 Å². The Bertz CT molecular complexity index is 750. The van der Waals surface area contributed by atoms with Crippen molar-refractivity contribution in [2.24, 2.45) is 5.92 Å². The van der Waals surface area contributed by atoms with E-state index in [0.717, 1.165) is 24.3 Å². The highest BCUT2D eigenvalue weighted by atomic mass is 32.2. The maximum Gasteiger partial charge on any atom is 0.240 e. The van der Waals surface area contributed by atoms with Crippen LogP contribution in [0.15, 0.2) is 28.0 Å². The van der Waals surface area contributed by atoms with Crippen molar-refractivity contribution in [2.45, 2.75) is 41.2 Å². The minimum atomic E-state index is -3.59. The Morgan fingerprint density at radius 2 is 2.22 bits per heavy atom. The summed E-state index contributed by atoms with van der Waals surface area (Å²) < 4.78 is 33.5. The molecule has 6 nitrogen and oxygen atoms in total. The van der Waals surface area contributed by atoms with E-state index in [0.29, 0.717) is 23.8 Å². The Labute approximate surface area is 139 Å². The molecule has 1 aromatic carbocycles. The summed E-state index contributed by atoms with van der Waals surface area (Å²) in [6.07, 6.45) is 2.30. The summed E-state index contributed by atoms with van der Waals surface area (Å²) in [7, 11) is -3.59. The minimum Gasteiger partial charge on any atom is -0.378 e. The summed E-state index contributed by atoms with van der Waals surface area (Å²) in [5.41, 5.74) is 0.580. The molecule has 2 N–H and O–H groups in total. The van der Waals surface area contributed by atoms with E-state index in [9.17, 15) is 13.2 Å². The van der Waals surface area contributed by atoms with E-state index >= 15 is 0 Å². The van der Waals surface area contributed by atoms with Gasteiger partial charge in [0.2, 0.25) is 15.9 Å². The fourth-order valence-corrected chi connectivity index (χ4v) is 5.63. The summed E-state index contributed by atoms with van der Waals surface area (Å²) in [4.78, 5) is 12.8. The highest BCUT2D eigenvalue weighted by molar-refractivity contribution is 7.99. The number of hydrogen-bond acceptors (Lipinski definition) is 5. The number of amides is 1. The molecule has 124 valence electrons. The number of carbonyl (C=O) groups is 1. The first kappa shape index (κ1) is 15.4. The number of hydrogen-bond donors (Lipinski definition) is 2. The maximum atomic E-state index is 12.6. The van der Waals surface area contributed by atoms with E-state index in [1.165, 1.54) is 0 Å². The molecule has 2 heterocycles. The van der Waals surface area contributed by atoms with E-state index in [1.54, 1.807) is 30.0 Å². The Morgan fingerprint density at radius 1 is 1.35 bits per heavy atom. The van der Waals surface area contributed by atoms with Crippen molar-refractivity contribution in [1.82, 2.24) is 4.72 Å². The second-order valence-corrected chi connectivity index (χ2v) is 8.98. The van der Waals surface area contributed by atoms with Crippen LogP contribution in [0.25, 0.3) is 0 Å². The van der Waals surface area contributed by atoms with E-state index in [-0.39, 0.29) is 22.9 Å². The van der Waals surface area contributed by atoms with Gasteiger partial charge in [-0.2, -0.15) is 0 Å². The third kappa shape index (κ3) is 2.88. The molecular weight excluding hydrogens is 336 g/mol. The molecule has 3 atom stereocenters. The zero-order chi connectivity index (χ0) is 16.0. The van der Waals surface area contributed by atoms with Gasteiger partial charge in [0.25, 0.3) is 0 Å². The van der Waals surface area contributed by atoms with Gasteiger partial charge in [0.1, 0.15) is 0 Å². The Balaban J connectivity index is 1.56. The van der Waals surface area contributed by atoms with Crippen LogP contribution in [0.2, 0.25) is 0 Å². The number of benzene rings is 1. The predicted molar refractivity (Wildman–Crippen MR) is 87.0 cm³/mol. The van der Waals surface area contributed by atoms with Crippen molar-refractivity contribution in [2.75, 3.05) is 17.7 Å². The molecule has 0 aromatic heterocycles. The maximum absolute atomic E-state index is 12.6. The van der Waals surface area contributed by atoms with Crippen LogP contribution in [0.5, 0.6) is 0 Å². The lowest BCUT2D eigenvalue weighted by Crippen LogP contribution is -2.53. The second-order valence-electron chi connectivity index (χ2n) is 6.13. The topological polar surface area (TPSA) is 84.5 Å². The number of fused-ring (bicyclic) bond motifs is 2. The van der Waals surface area contributed by atoms with Crippen LogP contribution in [0, 0.1) is 5.92 Å². The van der Waals surface area contributed by atoms with Gasteiger partial charge in [-0.05, 0) is 31.0 Å². The van der Waals surface area contributed by atoms with Gasteiger partial charge < -0.3 is 10.1 Å². The van der Waals surface area contributed by atoms with Gasteiger partial charge in [0.05, 0.1) is 16.7 Å². The lowest BCUT2D eigenvalue weighted by Gasteiger charge is -2.39. The van der Waals surface area contributed by atoms with Gasteiger partial charge in [0.15, 0.2) is 0 Å². The third-order valence-electron chi connectivity index (χ3n) is 4.69. The standard InChI is InChI=1S/C15H18N2O4S2/c18-15-4-6-22-14-2-1-9(7-12(14)16-15)23(19,20)17-11-8-13-10(11)3-5-21-13/h1-2,7,10-11,13,17H,3-6,8H2,(H,16,18)/t10-,11+,13+/m0/s1.